The predicted molar refractivity (Wildman–Crippen MR) is 87.8 cm³/mol. The molecular formula is C15H29N3OS. The highest BCUT2D eigenvalue weighted by Crippen LogP contribution is 2.13. The Labute approximate surface area is 128 Å². The minimum Gasteiger partial charge on any atom is -0.392 e. The van der Waals surface area contributed by atoms with Crippen LogP contribution in [0.3, 0.4) is 0 Å². The molecule has 1 aliphatic rings. The molecule has 1 fully saturated rings. The van der Waals surface area contributed by atoms with Crippen LogP contribution in [-0.2, 0) is 4.79 Å². The maximum absolute atomic E-state index is 12.1. The average molecular weight is 299 g/mol. The Morgan fingerprint density at radius 1 is 1.15 bits per heavy atom. The second kappa shape index (κ2) is 9.29. The van der Waals surface area contributed by atoms with Gasteiger partial charge in [0.1, 0.15) is 0 Å². The van der Waals surface area contributed by atoms with Crippen molar-refractivity contribution in [3.63, 3.8) is 0 Å². The van der Waals surface area contributed by atoms with E-state index in [9.17, 15) is 4.79 Å². The summed E-state index contributed by atoms with van der Waals surface area (Å²) in [5.41, 5.74) is 5.84. The zero-order chi connectivity index (χ0) is 15.0. The van der Waals surface area contributed by atoms with Gasteiger partial charge in [0.25, 0.3) is 0 Å². The first-order valence-electron chi connectivity index (χ1n) is 7.91. The molecule has 0 aromatic heterocycles. The van der Waals surface area contributed by atoms with Gasteiger partial charge in [0.2, 0.25) is 5.91 Å². The SMILES string of the molecule is CCCCCC(=O)N1CCN(C(CCC)C(N)=S)CC1. The van der Waals surface area contributed by atoms with Gasteiger partial charge in [0, 0.05) is 32.6 Å². The maximum atomic E-state index is 12.1. The van der Waals surface area contributed by atoms with Crippen molar-refractivity contribution < 1.29 is 4.79 Å². The van der Waals surface area contributed by atoms with Crippen molar-refractivity contribution in [1.82, 2.24) is 9.80 Å². The second-order valence-electron chi connectivity index (χ2n) is 5.58. The normalized spacial score (nSPS) is 18.0. The molecule has 1 heterocycles. The van der Waals surface area contributed by atoms with Crippen molar-refractivity contribution in [2.45, 2.75) is 58.4 Å². The summed E-state index contributed by atoms with van der Waals surface area (Å²) in [6.45, 7) is 7.72. The van der Waals surface area contributed by atoms with Gasteiger partial charge in [-0.05, 0) is 12.8 Å². The lowest BCUT2D eigenvalue weighted by Gasteiger charge is -2.39. The largest absolute Gasteiger partial charge is 0.392 e. The molecule has 0 bridgehead atoms. The minimum absolute atomic E-state index is 0.201. The van der Waals surface area contributed by atoms with E-state index in [4.69, 9.17) is 18.0 Å². The zero-order valence-electron chi connectivity index (χ0n) is 12.9. The number of nitrogens with zero attached hydrogens (tertiary/aromatic N) is 2. The Bertz CT molecular complexity index is 314. The molecule has 0 spiro atoms. The molecule has 1 rings (SSSR count). The topological polar surface area (TPSA) is 49.6 Å². The highest BCUT2D eigenvalue weighted by molar-refractivity contribution is 7.80. The number of thiocarbonyl (C=S) groups is 1. The van der Waals surface area contributed by atoms with Crippen LogP contribution in [0.1, 0.15) is 52.4 Å². The third kappa shape index (κ3) is 5.37. The van der Waals surface area contributed by atoms with E-state index in [-0.39, 0.29) is 6.04 Å². The van der Waals surface area contributed by atoms with Crippen molar-refractivity contribution in [1.29, 1.82) is 0 Å². The Hall–Kier alpha value is -0.680. The van der Waals surface area contributed by atoms with Crippen molar-refractivity contribution in [2.24, 2.45) is 5.73 Å². The van der Waals surface area contributed by atoms with E-state index in [0.717, 1.165) is 58.3 Å². The van der Waals surface area contributed by atoms with E-state index in [0.29, 0.717) is 17.3 Å². The third-order valence-corrected chi connectivity index (χ3v) is 4.26. The van der Waals surface area contributed by atoms with Crippen LogP contribution in [0.4, 0.5) is 0 Å². The number of amides is 1. The van der Waals surface area contributed by atoms with Gasteiger partial charge in [0.15, 0.2) is 0 Å². The number of nitrogens with two attached hydrogens (primary N) is 1. The zero-order valence-corrected chi connectivity index (χ0v) is 13.8. The van der Waals surface area contributed by atoms with E-state index in [1.807, 2.05) is 4.90 Å². The second-order valence-corrected chi connectivity index (χ2v) is 6.05. The molecule has 0 radical (unpaired) electrons. The van der Waals surface area contributed by atoms with Crippen LogP contribution in [0.25, 0.3) is 0 Å². The molecule has 4 nitrogen and oxygen atoms in total. The molecule has 1 aliphatic heterocycles. The van der Waals surface area contributed by atoms with Crippen LogP contribution in [0, 0.1) is 0 Å². The van der Waals surface area contributed by atoms with Gasteiger partial charge in [-0.2, -0.15) is 0 Å². The van der Waals surface area contributed by atoms with Crippen molar-refractivity contribution in [3.05, 3.63) is 0 Å². The average Bonchev–Trinajstić information content (AvgIpc) is 2.45. The highest BCUT2D eigenvalue weighted by Gasteiger charge is 2.26. The van der Waals surface area contributed by atoms with Crippen LogP contribution in [0.15, 0.2) is 0 Å². The first-order valence-corrected chi connectivity index (χ1v) is 8.32. The first kappa shape index (κ1) is 17.4. The lowest BCUT2D eigenvalue weighted by atomic mass is 10.1. The van der Waals surface area contributed by atoms with Gasteiger partial charge in [-0.15, -0.1) is 0 Å². The van der Waals surface area contributed by atoms with Crippen molar-refractivity contribution in [3.8, 4) is 0 Å². The summed E-state index contributed by atoms with van der Waals surface area (Å²) in [4.78, 5) is 17.0. The molecule has 20 heavy (non-hydrogen) atoms. The lowest BCUT2D eigenvalue weighted by molar-refractivity contribution is -0.133. The summed E-state index contributed by atoms with van der Waals surface area (Å²) in [7, 11) is 0. The molecule has 116 valence electrons. The fourth-order valence-corrected chi connectivity index (χ4v) is 3.01. The van der Waals surface area contributed by atoms with Crippen LogP contribution in [0.5, 0.6) is 0 Å². The van der Waals surface area contributed by atoms with Gasteiger partial charge in [0.05, 0.1) is 11.0 Å². The molecule has 0 aliphatic carbocycles. The molecule has 0 aromatic carbocycles. The van der Waals surface area contributed by atoms with Crippen LogP contribution in [0.2, 0.25) is 0 Å². The molecule has 1 unspecified atom stereocenters. The number of piperazine rings is 1. The lowest BCUT2D eigenvalue weighted by Crippen LogP contribution is -2.54. The number of rotatable bonds is 8. The van der Waals surface area contributed by atoms with Crippen LogP contribution < -0.4 is 5.73 Å². The molecule has 1 atom stereocenters. The number of hydrogen-bond donors (Lipinski definition) is 1. The summed E-state index contributed by atoms with van der Waals surface area (Å²) in [5, 5.41) is 0. The number of carbonyl (C=O) groups excluding carboxylic acids is 1. The quantitative estimate of drug-likeness (QED) is 0.551. The van der Waals surface area contributed by atoms with Crippen molar-refractivity contribution >= 4 is 23.1 Å². The summed E-state index contributed by atoms with van der Waals surface area (Å²) in [6.07, 6.45) is 6.11. The van der Waals surface area contributed by atoms with E-state index >= 15 is 0 Å². The van der Waals surface area contributed by atoms with E-state index < -0.39 is 0 Å². The summed E-state index contributed by atoms with van der Waals surface area (Å²) < 4.78 is 0. The molecule has 1 saturated heterocycles. The molecule has 0 aromatic rings. The van der Waals surface area contributed by atoms with Crippen LogP contribution >= 0.6 is 12.2 Å². The number of unbranched alkanes of at least 4 members (excludes halogenated alkanes) is 2. The summed E-state index contributed by atoms with van der Waals surface area (Å²) in [5.74, 6) is 0.306. The van der Waals surface area contributed by atoms with Crippen molar-refractivity contribution in [2.75, 3.05) is 26.2 Å². The summed E-state index contributed by atoms with van der Waals surface area (Å²) >= 11 is 5.17. The molecule has 1 amide bonds. The van der Waals surface area contributed by atoms with Gasteiger partial charge in [-0.3, -0.25) is 9.69 Å². The predicted octanol–water partition coefficient (Wildman–Crippen LogP) is 2.17. The van der Waals surface area contributed by atoms with E-state index in [1.165, 1.54) is 0 Å². The maximum Gasteiger partial charge on any atom is 0.222 e. The monoisotopic (exact) mass is 299 g/mol. The Kier molecular flexibility index (Phi) is 8.07. The van der Waals surface area contributed by atoms with Gasteiger partial charge < -0.3 is 10.6 Å². The fraction of sp³-hybridized carbons (Fsp3) is 0.867. The molecule has 5 heteroatoms. The van der Waals surface area contributed by atoms with E-state index in [2.05, 4.69) is 18.7 Å². The molecule has 0 saturated carbocycles. The highest BCUT2D eigenvalue weighted by atomic mass is 32.1. The van der Waals surface area contributed by atoms with Gasteiger partial charge in [-0.1, -0.05) is 45.3 Å². The number of carbonyl (C=O) groups is 1. The first-order chi connectivity index (χ1) is 9.60. The Balaban J connectivity index is 2.38. The molecular weight excluding hydrogens is 270 g/mol. The van der Waals surface area contributed by atoms with Crippen LogP contribution in [-0.4, -0.2) is 52.9 Å². The van der Waals surface area contributed by atoms with Gasteiger partial charge >= 0.3 is 0 Å². The standard InChI is InChI=1S/C15H29N3OS/c1-3-5-6-8-14(19)18-11-9-17(10-12-18)13(7-4-2)15(16)20/h13H,3-12H2,1-2H3,(H2,16,20). The van der Waals surface area contributed by atoms with E-state index in [1.54, 1.807) is 0 Å². The number of hydrogen-bond acceptors (Lipinski definition) is 3. The fourth-order valence-electron chi connectivity index (χ4n) is 2.75. The Morgan fingerprint density at radius 3 is 2.30 bits per heavy atom. The Morgan fingerprint density at radius 2 is 1.80 bits per heavy atom. The minimum atomic E-state index is 0.201. The smallest absolute Gasteiger partial charge is 0.222 e. The summed E-state index contributed by atoms with van der Waals surface area (Å²) in [6, 6.07) is 0.201. The van der Waals surface area contributed by atoms with Gasteiger partial charge in [-0.25, -0.2) is 0 Å². The molecule has 2 N–H and O–H groups in total. The third-order valence-electron chi connectivity index (χ3n) is 3.99.